The van der Waals surface area contributed by atoms with Gasteiger partial charge in [-0.2, -0.15) is 0 Å². The van der Waals surface area contributed by atoms with Crippen LogP contribution in [-0.2, 0) is 33.3 Å². The molecule has 0 aromatic heterocycles. The number of esters is 2. The van der Waals surface area contributed by atoms with E-state index in [9.17, 15) is 34.8 Å². The Morgan fingerprint density at radius 1 is 0.500 bits per heavy atom. The van der Waals surface area contributed by atoms with E-state index >= 15 is 0 Å². The van der Waals surface area contributed by atoms with E-state index in [2.05, 4.69) is 38.2 Å². The summed E-state index contributed by atoms with van der Waals surface area (Å²) in [5.74, 6) is -2.43. The highest BCUT2D eigenvalue weighted by Gasteiger charge is 2.47. The average molecular weight is 881 g/mol. The summed E-state index contributed by atoms with van der Waals surface area (Å²) in [6.07, 6.45) is 38.0. The Morgan fingerprint density at radius 3 is 1.34 bits per heavy atom. The van der Waals surface area contributed by atoms with E-state index in [-0.39, 0.29) is 26.1 Å². The molecule has 0 radical (unpaired) electrons. The van der Waals surface area contributed by atoms with Gasteiger partial charge in [0.1, 0.15) is 24.9 Å². The summed E-state index contributed by atoms with van der Waals surface area (Å²) in [6, 6.07) is 0. The van der Waals surface area contributed by atoms with E-state index in [1.165, 1.54) is 148 Å². The number of ether oxygens (including phenoxy) is 4. The van der Waals surface area contributed by atoms with E-state index in [4.69, 9.17) is 18.9 Å². The van der Waals surface area contributed by atoms with Gasteiger partial charge in [-0.3, -0.25) is 9.59 Å². The van der Waals surface area contributed by atoms with Crippen molar-refractivity contribution in [3.05, 3.63) is 24.3 Å². The molecule has 6 unspecified atom stereocenters. The van der Waals surface area contributed by atoms with E-state index in [0.717, 1.165) is 44.9 Å². The highest BCUT2D eigenvalue weighted by Crippen LogP contribution is 2.23. The molecule has 0 aromatic carbocycles. The number of allylic oxidation sites excluding steroid dienone is 4. The van der Waals surface area contributed by atoms with Gasteiger partial charge < -0.3 is 39.4 Å². The standard InChI is InChI=1S/C51H92O11/c1-3-5-7-9-11-13-15-17-18-19-20-21-22-23-24-25-26-28-29-31-33-35-37-39-44(52)59-41-43(42-60-51-48(56)46(54)47(55)49(62-51)50(57)58)61-45(53)40-38-36-34-32-30-27-16-14-12-10-8-6-4-2/h15,17,19-20,43,46-49,51,54-56H,3-14,16,18,21-42H2,1-2H3,(H,57,58)/b17-15-,20-19-. The zero-order valence-electron chi connectivity index (χ0n) is 39.4. The van der Waals surface area contributed by atoms with E-state index in [1.807, 2.05) is 0 Å². The molecule has 1 aliphatic heterocycles. The molecular weight excluding hydrogens is 789 g/mol. The van der Waals surface area contributed by atoms with Gasteiger partial charge in [0.25, 0.3) is 0 Å². The topological polar surface area (TPSA) is 169 Å². The predicted molar refractivity (Wildman–Crippen MR) is 248 cm³/mol. The molecule has 0 amide bonds. The summed E-state index contributed by atoms with van der Waals surface area (Å²) < 4.78 is 21.8. The molecular formula is C51H92O11. The molecule has 1 saturated heterocycles. The van der Waals surface area contributed by atoms with Crippen molar-refractivity contribution in [2.45, 2.75) is 269 Å². The Bertz CT molecular complexity index is 1130. The van der Waals surface area contributed by atoms with Crippen molar-refractivity contribution in [1.29, 1.82) is 0 Å². The summed E-state index contributed by atoms with van der Waals surface area (Å²) in [4.78, 5) is 36.9. The third-order valence-electron chi connectivity index (χ3n) is 11.8. The first-order valence-electron chi connectivity index (χ1n) is 25.4. The molecule has 11 heteroatoms. The molecule has 0 spiro atoms. The van der Waals surface area contributed by atoms with E-state index in [1.54, 1.807) is 0 Å². The van der Waals surface area contributed by atoms with Gasteiger partial charge in [-0.25, -0.2) is 4.79 Å². The van der Waals surface area contributed by atoms with Crippen LogP contribution >= 0.6 is 0 Å². The number of carboxylic acids is 1. The van der Waals surface area contributed by atoms with Crippen LogP contribution in [0.1, 0.15) is 232 Å². The molecule has 1 aliphatic rings. The number of carbonyl (C=O) groups is 3. The fraction of sp³-hybridized carbons (Fsp3) is 0.863. The van der Waals surface area contributed by atoms with Crippen molar-refractivity contribution >= 4 is 17.9 Å². The van der Waals surface area contributed by atoms with Crippen molar-refractivity contribution in [2.24, 2.45) is 0 Å². The Kier molecular flexibility index (Phi) is 38.5. The molecule has 0 bridgehead atoms. The van der Waals surface area contributed by atoms with Crippen LogP contribution in [0.15, 0.2) is 24.3 Å². The minimum atomic E-state index is -1.86. The fourth-order valence-corrected chi connectivity index (χ4v) is 7.79. The Balaban J connectivity index is 2.26. The van der Waals surface area contributed by atoms with E-state index < -0.39 is 54.7 Å². The summed E-state index contributed by atoms with van der Waals surface area (Å²) in [6.45, 7) is 3.82. The number of carboxylic acid groups (broad SMARTS) is 1. The predicted octanol–water partition coefficient (Wildman–Crippen LogP) is 11.8. The second-order valence-corrected chi connectivity index (χ2v) is 17.7. The second kappa shape index (κ2) is 41.4. The maximum absolute atomic E-state index is 12.8. The molecule has 11 nitrogen and oxygen atoms in total. The SMILES string of the molecule is CCCCCCC/C=C\C/C=C\CCCCCCCCCCCCCC(=O)OCC(COC1OC(C(=O)O)C(O)C(O)C1O)OC(=O)CCCCCCCCCCCCCCC. The van der Waals surface area contributed by atoms with Crippen molar-refractivity contribution in [3.8, 4) is 0 Å². The monoisotopic (exact) mass is 881 g/mol. The van der Waals surface area contributed by atoms with Gasteiger partial charge in [0.15, 0.2) is 18.5 Å². The molecule has 6 atom stereocenters. The summed E-state index contributed by atoms with van der Waals surface area (Å²) in [5.41, 5.74) is 0. The Morgan fingerprint density at radius 2 is 0.903 bits per heavy atom. The molecule has 1 heterocycles. The minimum absolute atomic E-state index is 0.187. The third kappa shape index (κ3) is 32.4. The van der Waals surface area contributed by atoms with Crippen molar-refractivity contribution in [3.63, 3.8) is 0 Å². The lowest BCUT2D eigenvalue weighted by molar-refractivity contribution is -0.298. The number of rotatable bonds is 43. The van der Waals surface area contributed by atoms with Gasteiger partial charge in [0, 0.05) is 12.8 Å². The van der Waals surface area contributed by atoms with Gasteiger partial charge in [-0.15, -0.1) is 0 Å². The van der Waals surface area contributed by atoms with Crippen LogP contribution in [0, 0.1) is 0 Å². The normalized spacial score (nSPS) is 19.7. The van der Waals surface area contributed by atoms with Crippen LogP contribution in [0.3, 0.4) is 0 Å². The fourth-order valence-electron chi connectivity index (χ4n) is 7.79. The zero-order valence-corrected chi connectivity index (χ0v) is 39.4. The Hall–Kier alpha value is -2.31. The van der Waals surface area contributed by atoms with Crippen LogP contribution in [0.2, 0.25) is 0 Å². The average Bonchev–Trinajstić information content (AvgIpc) is 3.26. The highest BCUT2D eigenvalue weighted by atomic mass is 16.7. The van der Waals surface area contributed by atoms with Crippen LogP contribution in [-0.4, -0.2) is 88.4 Å². The number of carbonyl (C=O) groups excluding carboxylic acids is 2. The Labute approximate surface area is 377 Å². The molecule has 0 aliphatic carbocycles. The van der Waals surface area contributed by atoms with Gasteiger partial charge >= 0.3 is 17.9 Å². The first-order valence-corrected chi connectivity index (χ1v) is 25.4. The number of aliphatic hydroxyl groups is 3. The minimum Gasteiger partial charge on any atom is -0.479 e. The molecule has 1 rings (SSSR count). The van der Waals surface area contributed by atoms with Crippen LogP contribution in [0.4, 0.5) is 0 Å². The number of aliphatic hydroxyl groups excluding tert-OH is 3. The zero-order chi connectivity index (χ0) is 45.3. The highest BCUT2D eigenvalue weighted by molar-refractivity contribution is 5.73. The van der Waals surface area contributed by atoms with Gasteiger partial charge in [0.05, 0.1) is 6.61 Å². The first-order chi connectivity index (χ1) is 30.2. The molecule has 362 valence electrons. The van der Waals surface area contributed by atoms with Gasteiger partial charge in [-0.05, 0) is 44.9 Å². The smallest absolute Gasteiger partial charge is 0.335 e. The summed E-state index contributed by atoms with van der Waals surface area (Å²) >= 11 is 0. The van der Waals surface area contributed by atoms with E-state index in [0.29, 0.717) is 12.8 Å². The number of aliphatic carboxylic acids is 1. The molecule has 1 fully saturated rings. The second-order valence-electron chi connectivity index (χ2n) is 17.7. The number of unbranched alkanes of at least 4 members (excludes halogenated alkanes) is 28. The lowest BCUT2D eigenvalue weighted by Gasteiger charge is -2.38. The first kappa shape index (κ1) is 57.7. The van der Waals surface area contributed by atoms with Gasteiger partial charge in [-0.1, -0.05) is 199 Å². The quantitative estimate of drug-likeness (QED) is 0.0261. The largest absolute Gasteiger partial charge is 0.479 e. The summed E-state index contributed by atoms with van der Waals surface area (Å²) in [7, 11) is 0. The van der Waals surface area contributed by atoms with Crippen molar-refractivity contribution < 1.29 is 53.8 Å². The third-order valence-corrected chi connectivity index (χ3v) is 11.8. The van der Waals surface area contributed by atoms with Crippen molar-refractivity contribution in [1.82, 2.24) is 0 Å². The van der Waals surface area contributed by atoms with Crippen LogP contribution in [0.25, 0.3) is 0 Å². The molecule has 4 N–H and O–H groups in total. The molecule has 0 saturated carbocycles. The summed E-state index contributed by atoms with van der Waals surface area (Å²) in [5, 5.41) is 39.9. The lowest BCUT2D eigenvalue weighted by atomic mass is 9.99. The van der Waals surface area contributed by atoms with Crippen molar-refractivity contribution in [2.75, 3.05) is 13.2 Å². The maximum Gasteiger partial charge on any atom is 0.335 e. The molecule has 0 aromatic rings. The van der Waals surface area contributed by atoms with Crippen LogP contribution in [0.5, 0.6) is 0 Å². The molecule has 62 heavy (non-hydrogen) atoms. The number of hydrogen-bond acceptors (Lipinski definition) is 10. The van der Waals surface area contributed by atoms with Gasteiger partial charge in [0.2, 0.25) is 0 Å². The lowest BCUT2D eigenvalue weighted by Crippen LogP contribution is -2.60. The maximum atomic E-state index is 12.8. The van der Waals surface area contributed by atoms with Crippen LogP contribution < -0.4 is 0 Å². The number of hydrogen-bond donors (Lipinski definition) is 4.